The van der Waals surface area contributed by atoms with Crippen molar-refractivity contribution in [2.75, 3.05) is 52.3 Å². The molecular formula is C15H27N5OS. The van der Waals surface area contributed by atoms with Gasteiger partial charge in [0.15, 0.2) is 11.1 Å². The second-order valence-corrected chi connectivity index (χ2v) is 6.63. The SMILES string of the molecule is CCNC(=NCc1csc(N(C)C)n1)N(C)CC1CCOC1. The Morgan fingerprint density at radius 1 is 1.50 bits per heavy atom. The van der Waals surface area contributed by atoms with Gasteiger partial charge in [0, 0.05) is 52.1 Å². The number of aliphatic imine (C=N–C) groups is 1. The van der Waals surface area contributed by atoms with Crippen LogP contribution in [-0.4, -0.2) is 63.3 Å². The summed E-state index contributed by atoms with van der Waals surface area (Å²) in [5, 5.41) is 6.45. The second-order valence-electron chi connectivity index (χ2n) is 5.80. The number of nitrogens with one attached hydrogen (secondary N) is 1. The zero-order valence-electron chi connectivity index (χ0n) is 14.0. The molecule has 2 rings (SSSR count). The first-order valence-electron chi connectivity index (χ1n) is 7.79. The van der Waals surface area contributed by atoms with Crippen LogP contribution in [0.25, 0.3) is 0 Å². The van der Waals surface area contributed by atoms with Gasteiger partial charge in [-0.15, -0.1) is 11.3 Å². The zero-order chi connectivity index (χ0) is 15.9. The molecule has 1 aliphatic rings. The third kappa shape index (κ3) is 4.84. The number of rotatable bonds is 6. The van der Waals surface area contributed by atoms with Gasteiger partial charge in [0.05, 0.1) is 18.8 Å². The Balaban J connectivity index is 1.95. The molecule has 1 fully saturated rings. The molecule has 0 amide bonds. The molecule has 1 aromatic rings. The van der Waals surface area contributed by atoms with Gasteiger partial charge in [-0.2, -0.15) is 0 Å². The maximum Gasteiger partial charge on any atom is 0.194 e. The lowest BCUT2D eigenvalue weighted by Gasteiger charge is -2.24. The molecule has 6 nitrogen and oxygen atoms in total. The maximum absolute atomic E-state index is 5.45. The van der Waals surface area contributed by atoms with Crippen LogP contribution >= 0.6 is 11.3 Å². The number of anilines is 1. The van der Waals surface area contributed by atoms with Crippen molar-refractivity contribution in [2.24, 2.45) is 10.9 Å². The second kappa shape index (κ2) is 8.33. The molecule has 1 saturated heterocycles. The molecule has 0 radical (unpaired) electrons. The highest BCUT2D eigenvalue weighted by Gasteiger charge is 2.19. The summed E-state index contributed by atoms with van der Waals surface area (Å²) in [5.74, 6) is 1.54. The number of thiazole rings is 1. The van der Waals surface area contributed by atoms with E-state index in [0.29, 0.717) is 12.5 Å². The topological polar surface area (TPSA) is 53.0 Å². The number of guanidine groups is 1. The van der Waals surface area contributed by atoms with Crippen LogP contribution in [0, 0.1) is 5.92 Å². The lowest BCUT2D eigenvalue weighted by molar-refractivity contribution is 0.181. The molecule has 1 aromatic heterocycles. The molecule has 7 heteroatoms. The predicted molar refractivity (Wildman–Crippen MR) is 92.8 cm³/mol. The van der Waals surface area contributed by atoms with Crippen molar-refractivity contribution in [1.29, 1.82) is 0 Å². The van der Waals surface area contributed by atoms with Crippen LogP contribution in [-0.2, 0) is 11.3 Å². The van der Waals surface area contributed by atoms with Crippen molar-refractivity contribution in [3.05, 3.63) is 11.1 Å². The standard InChI is InChI=1S/C15H27N5OS/c1-5-16-14(20(4)9-12-6-7-21-10-12)17-8-13-11-22-15(18-13)19(2)3/h11-12H,5-10H2,1-4H3,(H,16,17). The smallest absolute Gasteiger partial charge is 0.194 e. The minimum absolute atomic E-state index is 0.605. The first-order chi connectivity index (χ1) is 10.6. The number of hydrogen-bond donors (Lipinski definition) is 1. The summed E-state index contributed by atoms with van der Waals surface area (Å²) in [4.78, 5) is 13.5. The lowest BCUT2D eigenvalue weighted by atomic mass is 10.1. The van der Waals surface area contributed by atoms with E-state index in [-0.39, 0.29) is 0 Å². The van der Waals surface area contributed by atoms with Gasteiger partial charge in [0.1, 0.15) is 0 Å². The van der Waals surface area contributed by atoms with E-state index in [1.54, 1.807) is 11.3 Å². The minimum Gasteiger partial charge on any atom is -0.381 e. The molecule has 0 aliphatic carbocycles. The van der Waals surface area contributed by atoms with Gasteiger partial charge in [-0.1, -0.05) is 0 Å². The first kappa shape index (κ1) is 17.0. The van der Waals surface area contributed by atoms with Crippen molar-refractivity contribution in [3.63, 3.8) is 0 Å². The van der Waals surface area contributed by atoms with Gasteiger partial charge in [-0.3, -0.25) is 0 Å². The number of hydrogen-bond acceptors (Lipinski definition) is 5. The molecule has 2 heterocycles. The van der Waals surface area contributed by atoms with E-state index >= 15 is 0 Å². The van der Waals surface area contributed by atoms with Gasteiger partial charge < -0.3 is 19.9 Å². The van der Waals surface area contributed by atoms with Crippen molar-refractivity contribution in [1.82, 2.24) is 15.2 Å². The number of ether oxygens (including phenoxy) is 1. The van der Waals surface area contributed by atoms with Gasteiger partial charge in [-0.05, 0) is 13.3 Å². The Kier molecular flexibility index (Phi) is 6.45. The molecule has 0 spiro atoms. The molecule has 22 heavy (non-hydrogen) atoms. The first-order valence-corrected chi connectivity index (χ1v) is 8.67. The summed E-state index contributed by atoms with van der Waals surface area (Å²) in [6.45, 7) is 6.30. The summed E-state index contributed by atoms with van der Waals surface area (Å²) in [5.41, 5.74) is 1.02. The fourth-order valence-electron chi connectivity index (χ4n) is 2.40. The van der Waals surface area contributed by atoms with E-state index in [0.717, 1.165) is 49.5 Å². The molecule has 1 aliphatic heterocycles. The average molecular weight is 325 g/mol. The monoisotopic (exact) mass is 325 g/mol. The summed E-state index contributed by atoms with van der Waals surface area (Å²) in [7, 11) is 6.10. The van der Waals surface area contributed by atoms with Crippen molar-refractivity contribution in [2.45, 2.75) is 19.9 Å². The molecule has 0 aromatic carbocycles. The maximum atomic E-state index is 5.45. The van der Waals surface area contributed by atoms with E-state index in [9.17, 15) is 0 Å². The van der Waals surface area contributed by atoms with Crippen LogP contribution in [0.1, 0.15) is 19.0 Å². The van der Waals surface area contributed by atoms with Gasteiger partial charge in [-0.25, -0.2) is 9.98 Å². The van der Waals surface area contributed by atoms with Crippen LogP contribution in [0.4, 0.5) is 5.13 Å². The fraction of sp³-hybridized carbons (Fsp3) is 0.733. The molecule has 0 saturated carbocycles. The largest absolute Gasteiger partial charge is 0.381 e. The normalized spacial score (nSPS) is 18.5. The summed E-state index contributed by atoms with van der Waals surface area (Å²) < 4.78 is 5.45. The van der Waals surface area contributed by atoms with E-state index < -0.39 is 0 Å². The Morgan fingerprint density at radius 3 is 2.91 bits per heavy atom. The van der Waals surface area contributed by atoms with Crippen LogP contribution in [0.5, 0.6) is 0 Å². The van der Waals surface area contributed by atoms with Gasteiger partial charge >= 0.3 is 0 Å². The Morgan fingerprint density at radius 2 is 2.32 bits per heavy atom. The van der Waals surface area contributed by atoms with E-state index in [1.165, 1.54) is 0 Å². The third-order valence-corrected chi connectivity index (χ3v) is 4.62. The van der Waals surface area contributed by atoms with Crippen molar-refractivity contribution < 1.29 is 4.74 Å². The molecule has 1 atom stereocenters. The fourth-order valence-corrected chi connectivity index (χ4v) is 3.15. The van der Waals surface area contributed by atoms with E-state index in [4.69, 9.17) is 9.73 Å². The van der Waals surface area contributed by atoms with Crippen LogP contribution in [0.15, 0.2) is 10.4 Å². The van der Waals surface area contributed by atoms with Gasteiger partial charge in [0.25, 0.3) is 0 Å². The predicted octanol–water partition coefficient (Wildman–Crippen LogP) is 1.64. The van der Waals surface area contributed by atoms with E-state index in [2.05, 4.69) is 34.6 Å². The van der Waals surface area contributed by atoms with Crippen LogP contribution in [0.3, 0.4) is 0 Å². The van der Waals surface area contributed by atoms with E-state index in [1.807, 2.05) is 19.0 Å². The molecule has 1 N–H and O–H groups in total. The van der Waals surface area contributed by atoms with Crippen LogP contribution < -0.4 is 10.2 Å². The summed E-state index contributed by atoms with van der Waals surface area (Å²) in [6, 6.07) is 0. The lowest BCUT2D eigenvalue weighted by Crippen LogP contribution is -2.41. The molecule has 124 valence electrons. The molecular weight excluding hydrogens is 298 g/mol. The Bertz CT molecular complexity index is 482. The highest BCUT2D eigenvalue weighted by molar-refractivity contribution is 7.13. The molecule has 1 unspecified atom stereocenters. The van der Waals surface area contributed by atoms with Gasteiger partial charge in [0.2, 0.25) is 0 Å². The third-order valence-electron chi connectivity index (χ3n) is 3.57. The Labute approximate surface area is 137 Å². The van der Waals surface area contributed by atoms with Crippen LogP contribution in [0.2, 0.25) is 0 Å². The average Bonchev–Trinajstić information content (AvgIpc) is 3.14. The quantitative estimate of drug-likeness (QED) is 0.636. The highest BCUT2D eigenvalue weighted by atomic mass is 32.1. The minimum atomic E-state index is 0.605. The number of nitrogens with zero attached hydrogens (tertiary/aromatic N) is 4. The highest BCUT2D eigenvalue weighted by Crippen LogP contribution is 2.18. The van der Waals surface area contributed by atoms with Crippen molar-refractivity contribution in [3.8, 4) is 0 Å². The molecule has 0 bridgehead atoms. The Hall–Kier alpha value is -1.34. The number of aromatic nitrogens is 1. The van der Waals surface area contributed by atoms with Crippen molar-refractivity contribution >= 4 is 22.4 Å². The summed E-state index contributed by atoms with van der Waals surface area (Å²) >= 11 is 1.65. The summed E-state index contributed by atoms with van der Waals surface area (Å²) in [6.07, 6.45) is 1.14. The zero-order valence-corrected chi connectivity index (χ0v) is 14.8.